The van der Waals surface area contributed by atoms with Crippen LogP contribution < -0.4 is 5.32 Å². The number of aromatic nitrogens is 4. The summed E-state index contributed by atoms with van der Waals surface area (Å²) >= 11 is 0. The van der Waals surface area contributed by atoms with E-state index in [9.17, 15) is 17.6 Å². The minimum atomic E-state index is -2.87. The lowest BCUT2D eigenvalue weighted by atomic mass is 10.0. The van der Waals surface area contributed by atoms with E-state index in [0.29, 0.717) is 12.8 Å². The highest BCUT2D eigenvalue weighted by Crippen LogP contribution is 2.48. The zero-order valence-corrected chi connectivity index (χ0v) is 13.1. The molecule has 10 heteroatoms. The summed E-state index contributed by atoms with van der Waals surface area (Å²) in [7, 11) is 0. The van der Waals surface area contributed by atoms with Gasteiger partial charge in [0.2, 0.25) is 5.95 Å². The van der Waals surface area contributed by atoms with Gasteiger partial charge in [0.1, 0.15) is 0 Å². The summed E-state index contributed by atoms with van der Waals surface area (Å²) in [4.78, 5) is 8.12. The SMILES string of the molecule is Fc1cccc(C2(Nc3ncc(-c4nnc(C(F)F)o4)cn3)CC2)c1F. The van der Waals surface area contributed by atoms with E-state index in [1.165, 1.54) is 24.5 Å². The summed E-state index contributed by atoms with van der Waals surface area (Å²) in [6, 6.07) is 4.00. The fourth-order valence-electron chi connectivity index (χ4n) is 2.62. The molecule has 1 saturated carbocycles. The highest BCUT2D eigenvalue weighted by molar-refractivity contribution is 5.51. The third kappa shape index (κ3) is 2.87. The molecule has 3 aromatic rings. The molecule has 1 fully saturated rings. The Kier molecular flexibility index (Phi) is 3.82. The number of hydrogen-bond donors (Lipinski definition) is 1. The van der Waals surface area contributed by atoms with Crippen molar-refractivity contribution in [2.45, 2.75) is 24.8 Å². The summed E-state index contributed by atoms with van der Waals surface area (Å²) in [5.41, 5.74) is -0.290. The number of rotatable bonds is 5. The van der Waals surface area contributed by atoms with Crippen LogP contribution in [0.3, 0.4) is 0 Å². The molecule has 2 aromatic heterocycles. The van der Waals surface area contributed by atoms with Crippen LogP contribution >= 0.6 is 0 Å². The fraction of sp³-hybridized carbons (Fsp3) is 0.250. The molecule has 1 aliphatic rings. The predicted octanol–water partition coefficient (Wildman–Crippen LogP) is 3.84. The molecular formula is C16H11F4N5O. The van der Waals surface area contributed by atoms with Gasteiger partial charge in [-0.3, -0.25) is 0 Å². The number of nitrogens with zero attached hydrogens (tertiary/aromatic N) is 4. The number of halogens is 4. The van der Waals surface area contributed by atoms with Gasteiger partial charge in [0.15, 0.2) is 11.6 Å². The van der Waals surface area contributed by atoms with E-state index in [2.05, 4.69) is 25.5 Å². The molecule has 0 aliphatic heterocycles. The van der Waals surface area contributed by atoms with Crippen LogP contribution in [0.1, 0.15) is 30.7 Å². The van der Waals surface area contributed by atoms with Gasteiger partial charge < -0.3 is 9.73 Å². The standard InChI is InChI=1S/C16H11F4N5O/c17-10-3-1-2-9(11(10)18)16(4-5-16)23-15-21-6-8(7-22-15)13-24-25-14(26-13)12(19)20/h1-3,6-7,12H,4-5H2,(H,21,22,23). The lowest BCUT2D eigenvalue weighted by Gasteiger charge is -2.18. The van der Waals surface area contributed by atoms with Crippen LogP contribution in [0.5, 0.6) is 0 Å². The maximum atomic E-state index is 14.0. The Labute approximate surface area is 144 Å². The number of benzene rings is 1. The molecule has 0 atom stereocenters. The Morgan fingerprint density at radius 3 is 2.42 bits per heavy atom. The summed E-state index contributed by atoms with van der Waals surface area (Å²) in [5, 5.41) is 9.73. The molecule has 134 valence electrons. The average Bonchev–Trinajstić information content (AvgIpc) is 3.22. The summed E-state index contributed by atoms with van der Waals surface area (Å²) in [5.74, 6) is -2.56. The summed E-state index contributed by atoms with van der Waals surface area (Å²) in [6.45, 7) is 0. The van der Waals surface area contributed by atoms with Crippen molar-refractivity contribution in [1.29, 1.82) is 0 Å². The van der Waals surface area contributed by atoms with Crippen LogP contribution in [0.4, 0.5) is 23.5 Å². The van der Waals surface area contributed by atoms with Crippen LogP contribution in [0.25, 0.3) is 11.5 Å². The first-order chi connectivity index (χ1) is 12.5. The molecule has 0 saturated heterocycles. The first-order valence-corrected chi connectivity index (χ1v) is 7.65. The van der Waals surface area contributed by atoms with Gasteiger partial charge in [0, 0.05) is 18.0 Å². The van der Waals surface area contributed by atoms with Gasteiger partial charge in [-0.1, -0.05) is 12.1 Å². The van der Waals surface area contributed by atoms with Gasteiger partial charge >= 0.3 is 6.43 Å². The van der Waals surface area contributed by atoms with Gasteiger partial charge in [0.25, 0.3) is 11.8 Å². The van der Waals surface area contributed by atoms with E-state index in [4.69, 9.17) is 4.42 Å². The van der Waals surface area contributed by atoms with Crippen molar-refractivity contribution in [3.63, 3.8) is 0 Å². The Morgan fingerprint density at radius 1 is 1.08 bits per heavy atom. The molecule has 0 unspecified atom stereocenters. The van der Waals surface area contributed by atoms with Crippen LogP contribution in [0.15, 0.2) is 35.0 Å². The molecule has 1 aliphatic carbocycles. The number of alkyl halides is 2. The Bertz CT molecular complexity index is 940. The molecule has 0 bridgehead atoms. The number of hydrogen-bond acceptors (Lipinski definition) is 6. The zero-order valence-electron chi connectivity index (χ0n) is 13.1. The van der Waals surface area contributed by atoms with Crippen LogP contribution in [-0.4, -0.2) is 20.2 Å². The first kappa shape index (κ1) is 16.4. The molecule has 4 rings (SSSR count). The predicted molar refractivity (Wildman–Crippen MR) is 81.2 cm³/mol. The van der Waals surface area contributed by atoms with Crippen LogP contribution in [0.2, 0.25) is 0 Å². The third-order valence-corrected chi connectivity index (χ3v) is 4.09. The fourth-order valence-corrected chi connectivity index (χ4v) is 2.62. The van der Waals surface area contributed by atoms with Gasteiger partial charge in [0.05, 0.1) is 11.1 Å². The normalized spacial score (nSPS) is 15.3. The minimum absolute atomic E-state index is 0.135. The van der Waals surface area contributed by atoms with Crippen molar-refractivity contribution in [2.24, 2.45) is 0 Å². The maximum absolute atomic E-state index is 14.0. The van der Waals surface area contributed by atoms with E-state index < -0.39 is 29.5 Å². The second-order valence-corrected chi connectivity index (χ2v) is 5.85. The second kappa shape index (κ2) is 6.04. The largest absolute Gasteiger partial charge is 0.415 e. The second-order valence-electron chi connectivity index (χ2n) is 5.85. The summed E-state index contributed by atoms with van der Waals surface area (Å²) < 4.78 is 57.3. The van der Waals surface area contributed by atoms with E-state index in [-0.39, 0.29) is 23.0 Å². The van der Waals surface area contributed by atoms with Crippen LogP contribution in [-0.2, 0) is 5.54 Å². The number of nitrogens with one attached hydrogen (secondary N) is 1. The van der Waals surface area contributed by atoms with Crippen molar-refractivity contribution in [3.05, 3.63) is 53.7 Å². The Morgan fingerprint density at radius 2 is 1.81 bits per heavy atom. The minimum Gasteiger partial charge on any atom is -0.415 e. The average molecular weight is 365 g/mol. The topological polar surface area (TPSA) is 76.7 Å². The van der Waals surface area contributed by atoms with E-state index in [1.54, 1.807) is 0 Å². The van der Waals surface area contributed by atoms with E-state index in [1.807, 2.05) is 0 Å². The van der Waals surface area contributed by atoms with Gasteiger partial charge in [-0.25, -0.2) is 18.7 Å². The van der Waals surface area contributed by atoms with E-state index in [0.717, 1.165) is 6.07 Å². The van der Waals surface area contributed by atoms with Crippen molar-refractivity contribution >= 4 is 5.95 Å². The molecule has 1 N–H and O–H groups in total. The van der Waals surface area contributed by atoms with Gasteiger partial charge in [-0.15, -0.1) is 10.2 Å². The van der Waals surface area contributed by atoms with E-state index >= 15 is 0 Å². The number of anilines is 1. The summed E-state index contributed by atoms with van der Waals surface area (Å²) in [6.07, 6.45) is 0.959. The Balaban J connectivity index is 1.55. The van der Waals surface area contributed by atoms with Crippen molar-refractivity contribution in [3.8, 4) is 11.5 Å². The molecule has 1 aromatic carbocycles. The molecule has 0 amide bonds. The molecular weight excluding hydrogens is 354 g/mol. The molecule has 26 heavy (non-hydrogen) atoms. The quantitative estimate of drug-likeness (QED) is 0.692. The molecule has 0 spiro atoms. The Hall–Kier alpha value is -3.04. The highest BCUT2D eigenvalue weighted by Gasteiger charge is 2.47. The monoisotopic (exact) mass is 365 g/mol. The van der Waals surface area contributed by atoms with Gasteiger partial charge in [-0.2, -0.15) is 8.78 Å². The third-order valence-electron chi connectivity index (χ3n) is 4.09. The van der Waals surface area contributed by atoms with Crippen LogP contribution in [0, 0.1) is 11.6 Å². The smallest absolute Gasteiger partial charge is 0.314 e. The highest BCUT2D eigenvalue weighted by atomic mass is 19.3. The molecule has 0 radical (unpaired) electrons. The van der Waals surface area contributed by atoms with Crippen molar-refractivity contribution in [1.82, 2.24) is 20.2 Å². The van der Waals surface area contributed by atoms with Crippen molar-refractivity contribution < 1.29 is 22.0 Å². The lowest BCUT2D eigenvalue weighted by molar-refractivity contribution is 0.116. The molecule has 2 heterocycles. The first-order valence-electron chi connectivity index (χ1n) is 7.65. The maximum Gasteiger partial charge on any atom is 0.314 e. The molecule has 6 nitrogen and oxygen atoms in total. The zero-order chi connectivity index (χ0) is 18.3. The lowest BCUT2D eigenvalue weighted by Crippen LogP contribution is -2.22. The van der Waals surface area contributed by atoms with Crippen molar-refractivity contribution in [2.75, 3.05) is 5.32 Å². The van der Waals surface area contributed by atoms with Gasteiger partial charge in [-0.05, 0) is 18.9 Å².